The first-order valence-corrected chi connectivity index (χ1v) is 9.38. The molecule has 0 radical (unpaired) electrons. The zero-order chi connectivity index (χ0) is 19.8. The lowest BCUT2D eigenvalue weighted by Crippen LogP contribution is -2.34. The van der Waals surface area contributed by atoms with Crippen molar-refractivity contribution in [2.75, 3.05) is 19.7 Å². The number of benzene rings is 2. The third kappa shape index (κ3) is 6.12. The molecule has 0 fully saturated rings. The van der Waals surface area contributed by atoms with Crippen LogP contribution in [0.25, 0.3) is 6.08 Å². The molecule has 0 spiro atoms. The SMILES string of the molecule is CCN(CC)C(=O)COc1ccc(C(=O)C=Cc2ccc(Cl)c(Cl)c2)cc1. The van der Waals surface area contributed by atoms with Crippen LogP contribution in [-0.2, 0) is 4.79 Å². The molecule has 0 unspecified atom stereocenters. The highest BCUT2D eigenvalue weighted by Gasteiger charge is 2.10. The molecule has 2 aromatic rings. The summed E-state index contributed by atoms with van der Waals surface area (Å²) in [5, 5.41) is 0.905. The first-order valence-electron chi connectivity index (χ1n) is 8.62. The Balaban J connectivity index is 1.95. The second-order valence-electron chi connectivity index (χ2n) is 5.75. The second-order valence-corrected chi connectivity index (χ2v) is 6.56. The second kappa shape index (κ2) is 10.1. The monoisotopic (exact) mass is 405 g/mol. The number of nitrogens with zero attached hydrogens (tertiary/aromatic N) is 1. The number of halogens is 2. The van der Waals surface area contributed by atoms with Crippen molar-refractivity contribution in [3.05, 3.63) is 69.7 Å². The van der Waals surface area contributed by atoms with Crippen LogP contribution in [0, 0.1) is 0 Å². The Bertz CT molecular complexity index is 828. The van der Waals surface area contributed by atoms with Crippen LogP contribution in [0.3, 0.4) is 0 Å². The molecule has 0 aliphatic carbocycles. The van der Waals surface area contributed by atoms with Crippen molar-refractivity contribution in [1.29, 1.82) is 0 Å². The molecule has 0 aromatic heterocycles. The number of amides is 1. The highest BCUT2D eigenvalue weighted by molar-refractivity contribution is 6.42. The van der Waals surface area contributed by atoms with Gasteiger partial charge in [-0.2, -0.15) is 0 Å². The van der Waals surface area contributed by atoms with Crippen LogP contribution in [0.5, 0.6) is 5.75 Å². The molecule has 0 saturated heterocycles. The van der Waals surface area contributed by atoms with Gasteiger partial charge in [0.15, 0.2) is 12.4 Å². The summed E-state index contributed by atoms with van der Waals surface area (Å²) in [6.45, 7) is 5.13. The van der Waals surface area contributed by atoms with Gasteiger partial charge in [-0.25, -0.2) is 0 Å². The lowest BCUT2D eigenvalue weighted by molar-refractivity contribution is -0.132. The van der Waals surface area contributed by atoms with E-state index in [1.54, 1.807) is 53.4 Å². The molecule has 4 nitrogen and oxygen atoms in total. The number of likely N-dealkylation sites (N-methyl/N-ethyl adjacent to an activating group) is 1. The van der Waals surface area contributed by atoms with E-state index in [0.29, 0.717) is 34.4 Å². The minimum absolute atomic E-state index is 0.0216. The average Bonchev–Trinajstić information content (AvgIpc) is 2.68. The van der Waals surface area contributed by atoms with Gasteiger partial charge in [-0.1, -0.05) is 35.3 Å². The highest BCUT2D eigenvalue weighted by Crippen LogP contribution is 2.23. The molecule has 0 aliphatic heterocycles. The maximum atomic E-state index is 12.3. The van der Waals surface area contributed by atoms with Crippen LogP contribution >= 0.6 is 23.2 Å². The molecule has 0 aliphatic rings. The van der Waals surface area contributed by atoms with Crippen LogP contribution in [0.15, 0.2) is 48.5 Å². The first-order chi connectivity index (χ1) is 12.9. The van der Waals surface area contributed by atoms with Gasteiger partial charge >= 0.3 is 0 Å². The fourth-order valence-corrected chi connectivity index (χ4v) is 2.72. The van der Waals surface area contributed by atoms with Gasteiger partial charge in [-0.15, -0.1) is 0 Å². The van der Waals surface area contributed by atoms with E-state index in [0.717, 1.165) is 5.56 Å². The van der Waals surface area contributed by atoms with Gasteiger partial charge in [0.05, 0.1) is 10.0 Å². The largest absolute Gasteiger partial charge is 0.484 e. The third-order valence-electron chi connectivity index (χ3n) is 3.99. The van der Waals surface area contributed by atoms with Crippen molar-refractivity contribution in [2.24, 2.45) is 0 Å². The summed E-state index contributed by atoms with van der Waals surface area (Å²) in [5.41, 5.74) is 1.31. The Hall–Kier alpha value is -2.30. The smallest absolute Gasteiger partial charge is 0.260 e. The Morgan fingerprint density at radius 3 is 2.26 bits per heavy atom. The lowest BCUT2D eigenvalue weighted by atomic mass is 10.1. The van der Waals surface area contributed by atoms with E-state index < -0.39 is 0 Å². The number of carbonyl (C=O) groups excluding carboxylic acids is 2. The zero-order valence-electron chi connectivity index (χ0n) is 15.2. The van der Waals surface area contributed by atoms with E-state index in [9.17, 15) is 9.59 Å². The van der Waals surface area contributed by atoms with E-state index in [2.05, 4.69) is 0 Å². The number of hydrogen-bond acceptors (Lipinski definition) is 3. The van der Waals surface area contributed by atoms with Gasteiger partial charge < -0.3 is 9.64 Å². The molecule has 2 aromatic carbocycles. The average molecular weight is 406 g/mol. The van der Waals surface area contributed by atoms with Gasteiger partial charge in [0.25, 0.3) is 5.91 Å². The topological polar surface area (TPSA) is 46.6 Å². The zero-order valence-corrected chi connectivity index (χ0v) is 16.8. The molecule has 0 saturated carbocycles. The van der Waals surface area contributed by atoms with Gasteiger partial charge in [-0.05, 0) is 61.9 Å². The maximum absolute atomic E-state index is 12.3. The van der Waals surface area contributed by atoms with Crippen LogP contribution in [-0.4, -0.2) is 36.3 Å². The van der Waals surface area contributed by atoms with Crippen LogP contribution in [0.1, 0.15) is 29.8 Å². The van der Waals surface area contributed by atoms with Gasteiger partial charge in [0.2, 0.25) is 0 Å². The van der Waals surface area contributed by atoms with E-state index in [4.69, 9.17) is 27.9 Å². The summed E-state index contributed by atoms with van der Waals surface area (Å²) in [6, 6.07) is 11.8. The van der Waals surface area contributed by atoms with Gasteiger partial charge in [0, 0.05) is 18.7 Å². The van der Waals surface area contributed by atoms with E-state index in [1.807, 2.05) is 13.8 Å². The predicted octanol–water partition coefficient (Wildman–Crippen LogP) is 5.14. The number of hydrogen-bond donors (Lipinski definition) is 0. The fourth-order valence-electron chi connectivity index (χ4n) is 2.41. The number of rotatable bonds is 8. The minimum atomic E-state index is -0.146. The van der Waals surface area contributed by atoms with Gasteiger partial charge in [-0.3, -0.25) is 9.59 Å². The Labute approximate surface area is 169 Å². The van der Waals surface area contributed by atoms with Crippen LogP contribution in [0.2, 0.25) is 10.0 Å². The molecule has 142 valence electrons. The summed E-state index contributed by atoms with van der Waals surface area (Å²) in [4.78, 5) is 25.9. The van der Waals surface area contributed by atoms with Crippen molar-refractivity contribution < 1.29 is 14.3 Å². The fraction of sp³-hybridized carbons (Fsp3) is 0.238. The van der Waals surface area contributed by atoms with E-state index in [-0.39, 0.29) is 18.3 Å². The van der Waals surface area contributed by atoms with Crippen molar-refractivity contribution in [3.63, 3.8) is 0 Å². The van der Waals surface area contributed by atoms with Crippen LogP contribution < -0.4 is 4.74 Å². The lowest BCUT2D eigenvalue weighted by Gasteiger charge is -2.18. The summed E-state index contributed by atoms with van der Waals surface area (Å²) in [7, 11) is 0. The molecule has 27 heavy (non-hydrogen) atoms. The summed E-state index contributed by atoms with van der Waals surface area (Å²) in [6.07, 6.45) is 3.15. The number of allylic oxidation sites excluding steroid dienone is 1. The number of ether oxygens (including phenoxy) is 1. The quantitative estimate of drug-likeness (QED) is 0.451. The molecule has 6 heteroatoms. The van der Waals surface area contributed by atoms with Crippen LogP contribution in [0.4, 0.5) is 0 Å². The molecule has 0 atom stereocenters. The standard InChI is InChI=1S/C21H21Cl2NO3/c1-3-24(4-2)21(26)14-27-17-9-7-16(8-10-17)20(25)12-6-15-5-11-18(22)19(23)13-15/h5-13H,3-4,14H2,1-2H3. The normalized spacial score (nSPS) is 10.8. The molecule has 2 rings (SSSR count). The summed E-state index contributed by atoms with van der Waals surface area (Å²) in [5.74, 6) is 0.331. The minimum Gasteiger partial charge on any atom is -0.484 e. The molecule has 0 bridgehead atoms. The highest BCUT2D eigenvalue weighted by atomic mass is 35.5. The van der Waals surface area contributed by atoms with E-state index >= 15 is 0 Å². The van der Waals surface area contributed by atoms with Crippen molar-refractivity contribution in [3.8, 4) is 5.75 Å². The third-order valence-corrected chi connectivity index (χ3v) is 4.73. The first kappa shape index (κ1) is 21.0. The van der Waals surface area contributed by atoms with Crippen molar-refractivity contribution in [1.82, 2.24) is 4.90 Å². The Kier molecular flexibility index (Phi) is 7.89. The summed E-state index contributed by atoms with van der Waals surface area (Å²) >= 11 is 11.8. The van der Waals surface area contributed by atoms with E-state index in [1.165, 1.54) is 6.08 Å². The van der Waals surface area contributed by atoms with Crippen molar-refractivity contribution >= 4 is 41.0 Å². The Morgan fingerprint density at radius 2 is 1.67 bits per heavy atom. The number of carbonyl (C=O) groups is 2. The maximum Gasteiger partial charge on any atom is 0.260 e. The summed E-state index contributed by atoms with van der Waals surface area (Å²) < 4.78 is 5.49. The Morgan fingerprint density at radius 1 is 1.00 bits per heavy atom. The predicted molar refractivity (Wildman–Crippen MR) is 110 cm³/mol. The molecular formula is C21H21Cl2NO3. The molecule has 0 heterocycles. The van der Waals surface area contributed by atoms with Crippen molar-refractivity contribution in [2.45, 2.75) is 13.8 Å². The molecular weight excluding hydrogens is 385 g/mol. The van der Waals surface area contributed by atoms with Gasteiger partial charge in [0.1, 0.15) is 5.75 Å². The molecule has 0 N–H and O–H groups in total. The number of ketones is 1. The molecule has 1 amide bonds.